The van der Waals surface area contributed by atoms with E-state index in [1.165, 1.54) is 16.7 Å². The van der Waals surface area contributed by atoms with Gasteiger partial charge in [-0.2, -0.15) is 0 Å². The van der Waals surface area contributed by atoms with Crippen molar-refractivity contribution in [3.63, 3.8) is 0 Å². The molecule has 1 aliphatic rings. The van der Waals surface area contributed by atoms with E-state index in [1.807, 2.05) is 0 Å². The van der Waals surface area contributed by atoms with Crippen LogP contribution in [0.15, 0.2) is 18.2 Å². The molecule has 16 heavy (non-hydrogen) atoms. The van der Waals surface area contributed by atoms with E-state index in [4.69, 9.17) is 0 Å². The average molecular weight is 218 g/mol. The predicted molar refractivity (Wildman–Crippen MR) is 67.8 cm³/mol. The van der Waals surface area contributed by atoms with Gasteiger partial charge >= 0.3 is 0 Å². The van der Waals surface area contributed by atoms with Gasteiger partial charge in [0.1, 0.15) is 0 Å². The fourth-order valence-corrected chi connectivity index (χ4v) is 2.59. The van der Waals surface area contributed by atoms with Crippen LogP contribution in [-0.2, 0) is 0 Å². The molecule has 0 aromatic heterocycles. The van der Waals surface area contributed by atoms with Crippen LogP contribution in [0.5, 0.6) is 0 Å². The minimum Gasteiger partial charge on any atom is -0.388 e. The third-order valence-corrected chi connectivity index (χ3v) is 4.06. The van der Waals surface area contributed by atoms with Crippen molar-refractivity contribution >= 4 is 0 Å². The number of benzene rings is 1. The van der Waals surface area contributed by atoms with Gasteiger partial charge in [-0.05, 0) is 47.8 Å². The first-order valence-corrected chi connectivity index (χ1v) is 6.45. The number of fused-ring (bicyclic) bond motifs is 1. The smallest absolute Gasteiger partial charge is 0.0793 e. The molecule has 0 saturated carbocycles. The highest BCUT2D eigenvalue weighted by molar-refractivity contribution is 5.38. The van der Waals surface area contributed by atoms with Crippen molar-refractivity contribution in [2.45, 2.75) is 58.0 Å². The van der Waals surface area contributed by atoms with Gasteiger partial charge in [-0.3, -0.25) is 0 Å². The summed E-state index contributed by atoms with van der Waals surface area (Å²) in [5, 5.41) is 10.1. The van der Waals surface area contributed by atoms with Gasteiger partial charge in [0.2, 0.25) is 0 Å². The second-order valence-corrected chi connectivity index (χ2v) is 5.19. The SMILES string of the molecule is CCC(C)c1ccc2c(c1)C(O)CCC2C. The molecule has 88 valence electrons. The van der Waals surface area contributed by atoms with Gasteiger partial charge in [0.15, 0.2) is 0 Å². The predicted octanol–water partition coefficient (Wildman–Crippen LogP) is 4.13. The maximum Gasteiger partial charge on any atom is 0.0793 e. The van der Waals surface area contributed by atoms with Crippen LogP contribution in [0.25, 0.3) is 0 Å². The van der Waals surface area contributed by atoms with Crippen molar-refractivity contribution in [3.05, 3.63) is 34.9 Å². The van der Waals surface area contributed by atoms with E-state index in [0.29, 0.717) is 11.8 Å². The van der Waals surface area contributed by atoms with E-state index >= 15 is 0 Å². The fourth-order valence-electron chi connectivity index (χ4n) is 2.59. The second kappa shape index (κ2) is 4.58. The standard InChI is InChI=1S/C15H22O/c1-4-10(2)12-6-7-13-11(3)5-8-15(16)14(13)9-12/h6-7,9-11,15-16H,4-5,8H2,1-3H3. The van der Waals surface area contributed by atoms with Crippen LogP contribution < -0.4 is 0 Å². The van der Waals surface area contributed by atoms with Crippen LogP contribution in [0.1, 0.15) is 74.7 Å². The molecule has 0 heterocycles. The lowest BCUT2D eigenvalue weighted by atomic mass is 9.80. The summed E-state index contributed by atoms with van der Waals surface area (Å²) in [6.07, 6.45) is 2.94. The highest BCUT2D eigenvalue weighted by Crippen LogP contribution is 2.38. The zero-order valence-electron chi connectivity index (χ0n) is 10.5. The van der Waals surface area contributed by atoms with Crippen LogP contribution in [0, 0.1) is 0 Å². The Morgan fingerprint density at radius 1 is 1.31 bits per heavy atom. The zero-order valence-corrected chi connectivity index (χ0v) is 10.5. The minimum absolute atomic E-state index is 0.241. The molecule has 2 rings (SSSR count). The topological polar surface area (TPSA) is 20.2 Å². The Labute approximate surface area is 98.5 Å². The van der Waals surface area contributed by atoms with Gasteiger partial charge in [0, 0.05) is 0 Å². The van der Waals surface area contributed by atoms with E-state index < -0.39 is 0 Å². The molecule has 0 amide bonds. The first kappa shape index (κ1) is 11.7. The molecule has 0 saturated heterocycles. The monoisotopic (exact) mass is 218 g/mol. The van der Waals surface area contributed by atoms with Gasteiger partial charge in [0.25, 0.3) is 0 Å². The Bertz CT molecular complexity index is 370. The quantitative estimate of drug-likeness (QED) is 0.791. The number of aliphatic hydroxyl groups excluding tert-OH is 1. The van der Waals surface area contributed by atoms with E-state index in [-0.39, 0.29) is 6.10 Å². The Kier molecular flexibility index (Phi) is 3.34. The molecule has 1 N–H and O–H groups in total. The summed E-state index contributed by atoms with van der Waals surface area (Å²) in [6, 6.07) is 6.69. The van der Waals surface area contributed by atoms with E-state index in [1.54, 1.807) is 0 Å². The largest absolute Gasteiger partial charge is 0.388 e. The Morgan fingerprint density at radius 3 is 2.75 bits per heavy atom. The molecular weight excluding hydrogens is 196 g/mol. The second-order valence-electron chi connectivity index (χ2n) is 5.19. The van der Waals surface area contributed by atoms with Crippen molar-refractivity contribution in [3.8, 4) is 0 Å². The summed E-state index contributed by atoms with van der Waals surface area (Å²) in [5.41, 5.74) is 3.90. The summed E-state index contributed by atoms with van der Waals surface area (Å²) in [5.74, 6) is 1.19. The van der Waals surface area contributed by atoms with Crippen LogP contribution in [0.2, 0.25) is 0 Å². The lowest BCUT2D eigenvalue weighted by Crippen LogP contribution is -2.13. The molecule has 1 aromatic carbocycles. The lowest BCUT2D eigenvalue weighted by Gasteiger charge is -2.27. The maximum atomic E-state index is 10.1. The fraction of sp³-hybridized carbons (Fsp3) is 0.600. The third kappa shape index (κ3) is 2.01. The zero-order chi connectivity index (χ0) is 11.7. The van der Waals surface area contributed by atoms with Gasteiger partial charge < -0.3 is 5.11 Å². The van der Waals surface area contributed by atoms with Gasteiger partial charge in [-0.1, -0.05) is 39.0 Å². The Hall–Kier alpha value is -0.820. The molecule has 3 atom stereocenters. The van der Waals surface area contributed by atoms with Crippen molar-refractivity contribution in [1.29, 1.82) is 0 Å². The summed E-state index contributed by atoms with van der Waals surface area (Å²) in [4.78, 5) is 0. The van der Waals surface area contributed by atoms with Crippen LogP contribution in [0.3, 0.4) is 0 Å². The molecule has 3 unspecified atom stereocenters. The molecule has 0 radical (unpaired) electrons. The molecule has 0 spiro atoms. The first-order valence-electron chi connectivity index (χ1n) is 6.45. The Morgan fingerprint density at radius 2 is 2.06 bits per heavy atom. The average Bonchev–Trinajstić information content (AvgIpc) is 2.32. The lowest BCUT2D eigenvalue weighted by molar-refractivity contribution is 0.151. The molecule has 1 heteroatoms. The number of aliphatic hydroxyl groups is 1. The molecule has 1 aliphatic carbocycles. The highest BCUT2D eigenvalue weighted by atomic mass is 16.3. The summed E-state index contributed by atoms with van der Waals surface area (Å²) in [7, 11) is 0. The molecule has 0 aliphatic heterocycles. The Balaban J connectivity index is 2.40. The van der Waals surface area contributed by atoms with Gasteiger partial charge in [-0.15, -0.1) is 0 Å². The summed E-state index contributed by atoms with van der Waals surface area (Å²) >= 11 is 0. The molecular formula is C15H22O. The normalized spacial score (nSPS) is 26.2. The molecule has 0 fully saturated rings. The molecule has 1 nitrogen and oxygen atoms in total. The van der Waals surface area contributed by atoms with Gasteiger partial charge in [0.05, 0.1) is 6.10 Å². The van der Waals surface area contributed by atoms with Gasteiger partial charge in [-0.25, -0.2) is 0 Å². The molecule has 0 bridgehead atoms. The van der Waals surface area contributed by atoms with Crippen LogP contribution in [0.4, 0.5) is 0 Å². The van der Waals surface area contributed by atoms with E-state index in [0.717, 1.165) is 19.3 Å². The number of rotatable bonds is 2. The van der Waals surface area contributed by atoms with E-state index in [9.17, 15) is 5.11 Å². The van der Waals surface area contributed by atoms with Crippen molar-refractivity contribution in [1.82, 2.24) is 0 Å². The first-order chi connectivity index (χ1) is 7.63. The van der Waals surface area contributed by atoms with Crippen molar-refractivity contribution in [2.75, 3.05) is 0 Å². The van der Waals surface area contributed by atoms with E-state index in [2.05, 4.69) is 39.0 Å². The number of hydrogen-bond donors (Lipinski definition) is 1. The number of hydrogen-bond acceptors (Lipinski definition) is 1. The van der Waals surface area contributed by atoms with Crippen LogP contribution >= 0.6 is 0 Å². The van der Waals surface area contributed by atoms with Crippen molar-refractivity contribution < 1.29 is 5.11 Å². The molecule has 1 aromatic rings. The minimum atomic E-state index is -0.241. The highest BCUT2D eigenvalue weighted by Gasteiger charge is 2.23. The third-order valence-electron chi connectivity index (χ3n) is 4.06. The summed E-state index contributed by atoms with van der Waals surface area (Å²) in [6.45, 7) is 6.72. The summed E-state index contributed by atoms with van der Waals surface area (Å²) < 4.78 is 0. The van der Waals surface area contributed by atoms with Crippen LogP contribution in [-0.4, -0.2) is 5.11 Å². The maximum absolute atomic E-state index is 10.1. The van der Waals surface area contributed by atoms with Crippen molar-refractivity contribution in [2.24, 2.45) is 0 Å².